The molecule has 1 N–H and O–H groups in total. The van der Waals surface area contributed by atoms with Crippen molar-refractivity contribution in [3.05, 3.63) is 89.6 Å². The first-order chi connectivity index (χ1) is 14.7. The van der Waals surface area contributed by atoms with Crippen molar-refractivity contribution in [1.82, 2.24) is 9.97 Å². The van der Waals surface area contributed by atoms with Gasteiger partial charge in [0.15, 0.2) is 0 Å². The second kappa shape index (κ2) is 7.82. The van der Waals surface area contributed by atoms with E-state index in [1.54, 1.807) is 11.3 Å². The number of carbonyl (C=O) groups excluding carboxylic acids is 1. The normalized spacial score (nSPS) is 11.0. The minimum absolute atomic E-state index is 0.216. The van der Waals surface area contributed by atoms with E-state index in [2.05, 4.69) is 16.4 Å². The third kappa shape index (κ3) is 3.51. The van der Waals surface area contributed by atoms with Crippen LogP contribution in [0.4, 0.5) is 5.69 Å². The van der Waals surface area contributed by atoms with E-state index in [-0.39, 0.29) is 5.91 Å². The summed E-state index contributed by atoms with van der Waals surface area (Å²) in [7, 11) is 0. The highest BCUT2D eigenvalue weighted by Crippen LogP contribution is 2.35. The van der Waals surface area contributed by atoms with Gasteiger partial charge in [0.05, 0.1) is 25.8 Å². The largest absolute Gasteiger partial charge is 0.320 e. The minimum atomic E-state index is -0.216. The van der Waals surface area contributed by atoms with Gasteiger partial charge in [0, 0.05) is 5.56 Å². The van der Waals surface area contributed by atoms with E-state index >= 15 is 0 Å². The molecule has 0 aliphatic heterocycles. The van der Waals surface area contributed by atoms with Crippen LogP contribution in [0.3, 0.4) is 0 Å². The molecule has 0 aliphatic carbocycles. The van der Waals surface area contributed by atoms with E-state index < -0.39 is 0 Å². The molecule has 0 atom stereocenters. The number of fused-ring (bicyclic) bond motifs is 1. The first-order valence-corrected chi connectivity index (χ1v) is 11.1. The number of anilines is 1. The first-order valence-electron chi connectivity index (χ1n) is 9.48. The molecule has 0 unspecified atom stereocenters. The maximum atomic E-state index is 13.2. The number of rotatable bonds is 4. The Kier molecular flexibility index (Phi) is 4.86. The van der Waals surface area contributed by atoms with Gasteiger partial charge in [0.2, 0.25) is 0 Å². The Morgan fingerprint density at radius 3 is 2.40 bits per heavy atom. The van der Waals surface area contributed by atoms with Crippen LogP contribution in [0.25, 0.3) is 31.2 Å². The molecule has 0 saturated carbocycles. The van der Waals surface area contributed by atoms with Crippen molar-refractivity contribution in [2.45, 2.75) is 6.92 Å². The van der Waals surface area contributed by atoms with Gasteiger partial charge < -0.3 is 5.32 Å². The molecule has 5 rings (SSSR count). The molecule has 0 fully saturated rings. The Balaban J connectivity index is 1.51. The lowest BCUT2D eigenvalue weighted by atomic mass is 10.1. The van der Waals surface area contributed by atoms with E-state index in [1.807, 2.05) is 79.7 Å². The smallest absolute Gasteiger partial charge is 0.275 e. The van der Waals surface area contributed by atoms with Crippen molar-refractivity contribution in [3.63, 3.8) is 0 Å². The summed E-state index contributed by atoms with van der Waals surface area (Å²) in [5, 5.41) is 4.80. The van der Waals surface area contributed by atoms with E-state index in [0.717, 1.165) is 41.9 Å². The highest BCUT2D eigenvalue weighted by Gasteiger charge is 2.20. The predicted molar refractivity (Wildman–Crippen MR) is 125 cm³/mol. The van der Waals surface area contributed by atoms with Gasteiger partial charge in [-0.15, -0.1) is 22.7 Å². The van der Waals surface area contributed by atoms with Crippen molar-refractivity contribution in [3.8, 4) is 21.0 Å². The van der Waals surface area contributed by atoms with Crippen LogP contribution in [0.5, 0.6) is 0 Å². The summed E-state index contributed by atoms with van der Waals surface area (Å²) in [6.07, 6.45) is 0. The number of carbonyl (C=O) groups is 1. The Morgan fingerprint density at radius 1 is 0.833 bits per heavy atom. The van der Waals surface area contributed by atoms with Crippen molar-refractivity contribution in [2.75, 3.05) is 5.32 Å². The number of aryl methyl sites for hydroxylation is 1. The molecule has 2 heterocycles. The topological polar surface area (TPSA) is 54.9 Å². The van der Waals surface area contributed by atoms with Crippen LogP contribution in [-0.2, 0) is 0 Å². The molecule has 30 heavy (non-hydrogen) atoms. The number of hydrogen-bond donors (Lipinski definition) is 1. The maximum absolute atomic E-state index is 13.2. The zero-order valence-electron chi connectivity index (χ0n) is 16.1. The van der Waals surface area contributed by atoms with Gasteiger partial charge in [-0.25, -0.2) is 9.97 Å². The Hall–Kier alpha value is -3.35. The number of nitrogens with one attached hydrogen (secondary N) is 1. The van der Waals surface area contributed by atoms with Crippen LogP contribution >= 0.6 is 22.7 Å². The summed E-state index contributed by atoms with van der Waals surface area (Å²) in [4.78, 5) is 23.3. The second-order valence-electron chi connectivity index (χ2n) is 6.76. The average molecular weight is 428 g/mol. The van der Waals surface area contributed by atoms with Crippen LogP contribution < -0.4 is 5.32 Å². The number of hydrogen-bond acceptors (Lipinski definition) is 5. The number of aromatic nitrogens is 2. The molecule has 3 aromatic carbocycles. The fourth-order valence-electron chi connectivity index (χ4n) is 3.31. The molecule has 0 spiro atoms. The molecule has 0 bridgehead atoms. The SMILES string of the molecule is Cc1nc(C(=O)Nc2ccccc2-c2nc3ccccc3s2)c(-c2ccccc2)s1. The lowest BCUT2D eigenvalue weighted by molar-refractivity contribution is 0.102. The predicted octanol–water partition coefficient (Wildman–Crippen LogP) is 6.65. The second-order valence-corrected chi connectivity index (χ2v) is 9.00. The van der Waals surface area contributed by atoms with Crippen molar-refractivity contribution < 1.29 is 4.79 Å². The lowest BCUT2D eigenvalue weighted by Gasteiger charge is -2.09. The van der Waals surface area contributed by atoms with E-state index in [0.29, 0.717) is 5.69 Å². The number of para-hydroxylation sites is 2. The number of benzene rings is 3. The Morgan fingerprint density at radius 2 is 1.57 bits per heavy atom. The molecule has 2 aromatic heterocycles. The van der Waals surface area contributed by atoms with Crippen molar-refractivity contribution >= 4 is 44.5 Å². The molecule has 0 aliphatic rings. The van der Waals surface area contributed by atoms with Gasteiger partial charge in [0.25, 0.3) is 5.91 Å². The van der Waals surface area contributed by atoms with Crippen molar-refractivity contribution in [2.24, 2.45) is 0 Å². The third-order valence-electron chi connectivity index (χ3n) is 4.68. The zero-order valence-corrected chi connectivity index (χ0v) is 17.8. The quantitative estimate of drug-likeness (QED) is 0.349. The van der Waals surface area contributed by atoms with Crippen LogP contribution in [0.15, 0.2) is 78.9 Å². The number of thiazole rings is 2. The van der Waals surface area contributed by atoms with Crippen LogP contribution in [0.1, 0.15) is 15.5 Å². The van der Waals surface area contributed by atoms with E-state index in [4.69, 9.17) is 4.98 Å². The molecular formula is C24H17N3OS2. The average Bonchev–Trinajstić information content (AvgIpc) is 3.38. The lowest BCUT2D eigenvalue weighted by Crippen LogP contribution is -2.14. The third-order valence-corrected chi connectivity index (χ3v) is 6.77. The molecule has 6 heteroatoms. The van der Waals surface area contributed by atoms with Gasteiger partial charge >= 0.3 is 0 Å². The van der Waals surface area contributed by atoms with E-state index in [9.17, 15) is 4.79 Å². The molecule has 1 amide bonds. The van der Waals surface area contributed by atoms with Crippen LogP contribution in [-0.4, -0.2) is 15.9 Å². The van der Waals surface area contributed by atoms with Gasteiger partial charge in [-0.3, -0.25) is 4.79 Å². The molecule has 146 valence electrons. The Bertz CT molecular complexity index is 1320. The summed E-state index contributed by atoms with van der Waals surface area (Å²) < 4.78 is 1.12. The summed E-state index contributed by atoms with van der Waals surface area (Å²) in [5.74, 6) is -0.216. The summed E-state index contributed by atoms with van der Waals surface area (Å²) in [5.41, 5.74) is 4.03. The van der Waals surface area contributed by atoms with Gasteiger partial charge in [-0.2, -0.15) is 0 Å². The fraction of sp³-hybridized carbons (Fsp3) is 0.0417. The number of amides is 1. The summed E-state index contributed by atoms with van der Waals surface area (Å²) in [6.45, 7) is 1.92. The summed E-state index contributed by atoms with van der Waals surface area (Å²) in [6, 6.07) is 25.7. The van der Waals surface area contributed by atoms with Gasteiger partial charge in [0.1, 0.15) is 10.7 Å². The zero-order chi connectivity index (χ0) is 20.5. The highest BCUT2D eigenvalue weighted by molar-refractivity contribution is 7.21. The van der Waals surface area contributed by atoms with Crippen LogP contribution in [0.2, 0.25) is 0 Å². The Labute approximate surface area is 181 Å². The summed E-state index contributed by atoms with van der Waals surface area (Å²) >= 11 is 3.14. The maximum Gasteiger partial charge on any atom is 0.275 e. The highest BCUT2D eigenvalue weighted by atomic mass is 32.1. The molecule has 4 nitrogen and oxygen atoms in total. The number of nitrogens with zero attached hydrogens (tertiary/aromatic N) is 2. The molecule has 5 aromatic rings. The molecule has 0 radical (unpaired) electrons. The fourth-order valence-corrected chi connectivity index (χ4v) is 5.24. The molecular weight excluding hydrogens is 410 g/mol. The monoisotopic (exact) mass is 427 g/mol. The van der Waals surface area contributed by atoms with E-state index in [1.165, 1.54) is 11.3 Å². The van der Waals surface area contributed by atoms with Crippen molar-refractivity contribution in [1.29, 1.82) is 0 Å². The van der Waals surface area contributed by atoms with Crippen LogP contribution in [0, 0.1) is 6.92 Å². The standard InChI is InChI=1S/C24H17N3OS2/c1-15-25-21(22(29-15)16-9-3-2-4-10-16)23(28)26-18-12-6-5-11-17(18)24-27-19-13-7-8-14-20(19)30-24/h2-14H,1H3,(H,26,28). The minimum Gasteiger partial charge on any atom is -0.320 e. The van der Waals surface area contributed by atoms with Gasteiger partial charge in [-0.05, 0) is 36.8 Å². The van der Waals surface area contributed by atoms with Gasteiger partial charge in [-0.1, -0.05) is 54.6 Å². The molecule has 0 saturated heterocycles. The first kappa shape index (κ1) is 18.7.